The first-order valence-electron chi connectivity index (χ1n) is 14.6. The standard InChI is InChI=1S/C30H29ClF5N7O2/c1-14-6-17(38)39-23(20(14)30(34,35)36)18-21(31)25-19-24(22(18)33)40-27(45-12-28-4-3-5-43(28)11-16(32)9-28)41-26(19)42(2)29(13-44-25)7-15(8-29)10-37/h6,15-16H,3-5,7-9,11-13H2,1-2H3,(H2,38,39)/t15?,16-,28+,29?/m1/s1. The van der Waals surface area contributed by atoms with Crippen molar-refractivity contribution in [3.8, 4) is 29.1 Å². The van der Waals surface area contributed by atoms with Gasteiger partial charge in [0.05, 0.1) is 50.3 Å². The van der Waals surface area contributed by atoms with Crippen LogP contribution in [0, 0.1) is 30.0 Å². The lowest BCUT2D eigenvalue weighted by atomic mass is 9.68. The summed E-state index contributed by atoms with van der Waals surface area (Å²) in [7, 11) is 1.73. The van der Waals surface area contributed by atoms with Crippen molar-refractivity contribution in [1.82, 2.24) is 19.9 Å². The summed E-state index contributed by atoms with van der Waals surface area (Å²) in [6.07, 6.45) is -3.25. The fourth-order valence-electron chi connectivity index (χ4n) is 7.64. The van der Waals surface area contributed by atoms with E-state index in [9.17, 15) is 22.8 Å². The van der Waals surface area contributed by atoms with Gasteiger partial charge >= 0.3 is 12.2 Å². The molecule has 4 aliphatic rings. The van der Waals surface area contributed by atoms with E-state index >= 15 is 4.39 Å². The normalized spacial score (nSPS) is 27.7. The lowest BCUT2D eigenvalue weighted by Gasteiger charge is -2.50. The Morgan fingerprint density at radius 2 is 2.00 bits per heavy atom. The van der Waals surface area contributed by atoms with Crippen LogP contribution < -0.4 is 20.1 Å². The molecule has 15 heteroatoms. The van der Waals surface area contributed by atoms with Gasteiger partial charge in [-0.1, -0.05) is 11.6 Å². The van der Waals surface area contributed by atoms with E-state index in [1.54, 1.807) is 11.9 Å². The largest absolute Gasteiger partial charge is 0.489 e. The quantitative estimate of drug-likeness (QED) is 0.348. The Kier molecular flexibility index (Phi) is 6.76. The number of nitriles is 1. The van der Waals surface area contributed by atoms with Crippen LogP contribution in [0.1, 0.15) is 43.2 Å². The van der Waals surface area contributed by atoms with Crippen molar-refractivity contribution in [2.24, 2.45) is 5.92 Å². The molecule has 45 heavy (non-hydrogen) atoms. The average molecular weight is 650 g/mol. The van der Waals surface area contributed by atoms with E-state index in [0.29, 0.717) is 25.8 Å². The first kappa shape index (κ1) is 30.0. The van der Waals surface area contributed by atoms with Crippen molar-refractivity contribution < 1.29 is 31.4 Å². The Hall–Kier alpha value is -3.70. The van der Waals surface area contributed by atoms with Crippen LogP contribution >= 0.6 is 11.6 Å². The molecule has 0 amide bonds. The maximum absolute atomic E-state index is 16.8. The Bertz CT molecular complexity index is 1780. The third kappa shape index (κ3) is 4.52. The zero-order chi connectivity index (χ0) is 32.1. The summed E-state index contributed by atoms with van der Waals surface area (Å²) < 4.78 is 86.5. The predicted octanol–water partition coefficient (Wildman–Crippen LogP) is 5.85. The van der Waals surface area contributed by atoms with Crippen molar-refractivity contribution in [3.05, 3.63) is 28.0 Å². The Morgan fingerprint density at radius 1 is 1.24 bits per heavy atom. The van der Waals surface area contributed by atoms with Crippen LogP contribution in [0.3, 0.4) is 0 Å². The third-order valence-corrected chi connectivity index (χ3v) is 10.2. The Labute approximate surface area is 260 Å². The highest BCUT2D eigenvalue weighted by Gasteiger charge is 2.52. The summed E-state index contributed by atoms with van der Waals surface area (Å²) in [5.74, 6) is -1.62. The minimum atomic E-state index is -4.92. The molecule has 1 saturated carbocycles. The summed E-state index contributed by atoms with van der Waals surface area (Å²) in [5, 5.41) is 9.12. The van der Waals surface area contributed by atoms with Crippen molar-refractivity contribution in [2.75, 3.05) is 44.0 Å². The maximum Gasteiger partial charge on any atom is 0.418 e. The predicted molar refractivity (Wildman–Crippen MR) is 155 cm³/mol. The first-order valence-corrected chi connectivity index (χ1v) is 15.0. The van der Waals surface area contributed by atoms with E-state index in [2.05, 4.69) is 21.0 Å². The summed E-state index contributed by atoms with van der Waals surface area (Å²) in [6.45, 7) is 2.27. The number of aryl methyl sites for hydroxylation is 1. The van der Waals surface area contributed by atoms with Gasteiger partial charge in [0.2, 0.25) is 0 Å². The summed E-state index contributed by atoms with van der Waals surface area (Å²) in [5.41, 5.74) is 1.25. The number of benzene rings is 1. The topological polar surface area (TPSA) is 113 Å². The molecule has 2 atom stereocenters. The van der Waals surface area contributed by atoms with Gasteiger partial charge in [0, 0.05) is 20.0 Å². The first-order chi connectivity index (χ1) is 21.3. The summed E-state index contributed by atoms with van der Waals surface area (Å²) >= 11 is 6.74. The molecule has 9 nitrogen and oxygen atoms in total. The van der Waals surface area contributed by atoms with Gasteiger partial charge in [0.25, 0.3) is 0 Å². The highest BCUT2D eigenvalue weighted by atomic mass is 35.5. The fourth-order valence-corrected chi connectivity index (χ4v) is 7.96. The molecule has 2 N–H and O–H groups in total. The molecule has 0 radical (unpaired) electrons. The number of aromatic nitrogens is 3. The van der Waals surface area contributed by atoms with Crippen LogP contribution in [0.2, 0.25) is 5.02 Å². The van der Waals surface area contributed by atoms with Crippen molar-refractivity contribution in [3.63, 3.8) is 0 Å². The van der Waals surface area contributed by atoms with Gasteiger partial charge in [0.1, 0.15) is 36.5 Å². The number of rotatable bonds is 4. The van der Waals surface area contributed by atoms with Crippen LogP contribution in [0.4, 0.5) is 33.6 Å². The number of likely N-dealkylation sites (N-methyl/N-ethyl adjacent to an activating group) is 1. The molecule has 2 aromatic heterocycles. The van der Waals surface area contributed by atoms with Crippen molar-refractivity contribution in [1.29, 1.82) is 5.26 Å². The molecule has 5 heterocycles. The monoisotopic (exact) mass is 649 g/mol. The molecular weight excluding hydrogens is 621 g/mol. The average Bonchev–Trinajstić information content (AvgIpc) is 3.42. The second kappa shape index (κ2) is 10.2. The SMILES string of the molecule is Cc1cc(N)nc(-c2c(Cl)c3c4c(nc(OC[C@@]56CCCN5C[C@H](F)C6)nc4c2F)N(C)C2(CO3)CC(C#N)C2)c1C(F)(F)F. The van der Waals surface area contributed by atoms with Crippen LogP contribution in [-0.4, -0.2) is 70.5 Å². The van der Waals surface area contributed by atoms with Gasteiger partial charge in [-0.05, 0) is 50.8 Å². The number of alkyl halides is 4. The second-order valence-electron chi connectivity index (χ2n) is 12.6. The minimum absolute atomic E-state index is 0.000401. The highest BCUT2D eigenvalue weighted by Crippen LogP contribution is 2.54. The minimum Gasteiger partial charge on any atom is -0.489 e. The number of nitrogens with zero attached hydrogens (tertiary/aromatic N) is 6. The molecule has 3 fully saturated rings. The molecule has 3 aliphatic heterocycles. The maximum atomic E-state index is 16.8. The zero-order valence-corrected chi connectivity index (χ0v) is 25.2. The summed E-state index contributed by atoms with van der Waals surface area (Å²) in [4.78, 5) is 16.7. The summed E-state index contributed by atoms with van der Waals surface area (Å²) in [6, 6.07) is 3.06. The van der Waals surface area contributed by atoms with E-state index in [-0.39, 0.29) is 65.4 Å². The van der Waals surface area contributed by atoms with Crippen LogP contribution in [-0.2, 0) is 6.18 Å². The van der Waals surface area contributed by atoms with Crippen molar-refractivity contribution in [2.45, 2.75) is 62.5 Å². The lowest BCUT2D eigenvalue weighted by Crippen LogP contribution is -2.59. The van der Waals surface area contributed by atoms with Crippen LogP contribution in [0.25, 0.3) is 22.2 Å². The number of nitrogen functional groups attached to an aromatic ring is 1. The zero-order valence-electron chi connectivity index (χ0n) is 24.4. The van der Waals surface area contributed by atoms with Gasteiger partial charge in [-0.2, -0.15) is 28.4 Å². The lowest BCUT2D eigenvalue weighted by molar-refractivity contribution is -0.137. The van der Waals surface area contributed by atoms with Crippen LogP contribution in [0.5, 0.6) is 11.8 Å². The smallest absolute Gasteiger partial charge is 0.418 e. The third-order valence-electron chi connectivity index (χ3n) is 9.88. The molecule has 0 unspecified atom stereocenters. The van der Waals surface area contributed by atoms with Gasteiger partial charge in [0.15, 0.2) is 11.6 Å². The van der Waals surface area contributed by atoms with Gasteiger partial charge in [-0.3, -0.25) is 4.90 Å². The number of fused-ring (bicyclic) bond motifs is 1. The molecule has 0 bridgehead atoms. The van der Waals surface area contributed by atoms with Crippen molar-refractivity contribution >= 4 is 34.1 Å². The van der Waals surface area contributed by atoms with E-state index in [0.717, 1.165) is 19.0 Å². The molecule has 7 rings (SSSR count). The van der Waals surface area contributed by atoms with Gasteiger partial charge < -0.3 is 20.1 Å². The Balaban J connectivity index is 1.43. The highest BCUT2D eigenvalue weighted by molar-refractivity contribution is 6.36. The number of hydrogen-bond acceptors (Lipinski definition) is 9. The molecule has 1 aliphatic carbocycles. The molecule has 238 valence electrons. The van der Waals surface area contributed by atoms with Gasteiger partial charge in [-0.15, -0.1) is 0 Å². The molecule has 1 spiro atoms. The number of nitrogens with two attached hydrogens (primary N) is 1. The van der Waals surface area contributed by atoms with E-state index in [1.165, 1.54) is 6.92 Å². The van der Waals surface area contributed by atoms with Crippen LogP contribution in [0.15, 0.2) is 6.07 Å². The number of ether oxygens (including phenoxy) is 2. The molecule has 3 aromatic rings. The number of hydrogen-bond donors (Lipinski definition) is 1. The second-order valence-corrected chi connectivity index (χ2v) is 13.0. The van der Waals surface area contributed by atoms with E-state index < -0.39 is 51.1 Å². The number of halogens is 6. The number of pyridine rings is 1. The van der Waals surface area contributed by atoms with E-state index in [4.69, 9.17) is 26.8 Å². The van der Waals surface area contributed by atoms with Gasteiger partial charge in [-0.25, -0.2) is 13.8 Å². The fraction of sp³-hybridized carbons (Fsp3) is 0.533. The van der Waals surface area contributed by atoms with E-state index in [1.807, 2.05) is 4.90 Å². The molecule has 1 aromatic carbocycles. The molecular formula is C30H29ClF5N7O2. The molecule has 2 saturated heterocycles. The number of anilines is 2. The Morgan fingerprint density at radius 3 is 2.71 bits per heavy atom.